The number of anilines is 1. The van der Waals surface area contributed by atoms with Crippen LogP contribution in [0.1, 0.15) is 25.8 Å². The van der Waals surface area contributed by atoms with E-state index in [1.54, 1.807) is 0 Å². The van der Waals surface area contributed by atoms with Gasteiger partial charge in [-0.25, -0.2) is 0 Å². The number of benzene rings is 1. The molecule has 1 N–H and O–H groups in total. The molecule has 0 aliphatic carbocycles. The molecule has 3 nitrogen and oxygen atoms in total. The predicted molar refractivity (Wildman–Crippen MR) is 76.6 cm³/mol. The molecule has 98 valence electrons. The largest absolute Gasteiger partial charge is 0.381 e. The molecule has 0 radical (unpaired) electrons. The molecule has 0 fully saturated rings. The summed E-state index contributed by atoms with van der Waals surface area (Å²) in [6, 6.07) is 10.2. The minimum absolute atomic E-state index is 0.438. The molecule has 1 rings (SSSR count). The normalized spacial score (nSPS) is 12.5. The highest BCUT2D eigenvalue weighted by Gasteiger charge is 2.11. The molecule has 1 unspecified atom stereocenters. The van der Waals surface area contributed by atoms with Crippen LogP contribution in [0.4, 0.5) is 5.69 Å². The van der Waals surface area contributed by atoms with Crippen LogP contribution < -0.4 is 5.32 Å². The predicted octanol–water partition coefficient (Wildman–Crippen LogP) is 2.95. The van der Waals surface area contributed by atoms with Gasteiger partial charge in [-0.3, -0.25) is 0 Å². The van der Waals surface area contributed by atoms with Crippen molar-refractivity contribution >= 4 is 5.69 Å². The van der Waals surface area contributed by atoms with Crippen molar-refractivity contribution in [3.63, 3.8) is 0 Å². The SMILES string of the molecule is CC(C)CC(CN(C)C)Nc1ccc(C#N)cc1. The molecule has 18 heavy (non-hydrogen) atoms. The Morgan fingerprint density at radius 2 is 1.83 bits per heavy atom. The van der Waals surface area contributed by atoms with E-state index in [2.05, 4.69) is 44.2 Å². The van der Waals surface area contributed by atoms with Gasteiger partial charge in [-0.15, -0.1) is 0 Å². The Labute approximate surface area is 110 Å². The van der Waals surface area contributed by atoms with Crippen molar-refractivity contribution in [2.75, 3.05) is 26.0 Å². The minimum Gasteiger partial charge on any atom is -0.381 e. The van der Waals surface area contributed by atoms with Gasteiger partial charge >= 0.3 is 0 Å². The average Bonchev–Trinajstić information content (AvgIpc) is 2.28. The maximum atomic E-state index is 8.77. The van der Waals surface area contributed by atoms with Gasteiger partial charge in [-0.05, 0) is 50.7 Å². The molecular formula is C15H23N3. The molecule has 1 aromatic rings. The van der Waals surface area contributed by atoms with E-state index < -0.39 is 0 Å². The highest BCUT2D eigenvalue weighted by molar-refractivity contribution is 5.47. The van der Waals surface area contributed by atoms with E-state index in [-0.39, 0.29) is 0 Å². The maximum Gasteiger partial charge on any atom is 0.0991 e. The summed E-state index contributed by atoms with van der Waals surface area (Å²) in [7, 11) is 4.18. The van der Waals surface area contributed by atoms with E-state index in [0.717, 1.165) is 18.7 Å². The van der Waals surface area contributed by atoms with Crippen molar-refractivity contribution in [1.29, 1.82) is 5.26 Å². The van der Waals surface area contributed by atoms with Crippen LogP contribution in [0.25, 0.3) is 0 Å². The third kappa shape index (κ3) is 5.20. The smallest absolute Gasteiger partial charge is 0.0991 e. The molecule has 0 bridgehead atoms. The molecule has 0 aromatic heterocycles. The first-order valence-corrected chi connectivity index (χ1v) is 6.42. The summed E-state index contributed by atoms with van der Waals surface area (Å²) in [5, 5.41) is 12.3. The van der Waals surface area contributed by atoms with Crippen LogP contribution in [0, 0.1) is 17.2 Å². The van der Waals surface area contributed by atoms with Crippen molar-refractivity contribution in [2.24, 2.45) is 5.92 Å². The number of likely N-dealkylation sites (N-methyl/N-ethyl adjacent to an activating group) is 1. The molecule has 3 heteroatoms. The van der Waals surface area contributed by atoms with Gasteiger partial charge in [0.2, 0.25) is 0 Å². The second-order valence-corrected chi connectivity index (χ2v) is 5.42. The molecule has 0 saturated carbocycles. The van der Waals surface area contributed by atoms with E-state index >= 15 is 0 Å². The Balaban J connectivity index is 2.66. The lowest BCUT2D eigenvalue weighted by Gasteiger charge is -2.25. The first-order valence-electron chi connectivity index (χ1n) is 6.42. The molecular weight excluding hydrogens is 222 g/mol. The quantitative estimate of drug-likeness (QED) is 0.837. The van der Waals surface area contributed by atoms with Crippen molar-refractivity contribution in [3.05, 3.63) is 29.8 Å². The van der Waals surface area contributed by atoms with Gasteiger partial charge in [-0.1, -0.05) is 13.8 Å². The van der Waals surface area contributed by atoms with Crippen LogP contribution in [-0.2, 0) is 0 Å². The maximum absolute atomic E-state index is 8.77. The van der Waals surface area contributed by atoms with Gasteiger partial charge in [0, 0.05) is 18.3 Å². The van der Waals surface area contributed by atoms with E-state index in [0.29, 0.717) is 17.5 Å². The van der Waals surface area contributed by atoms with E-state index in [1.807, 2.05) is 24.3 Å². The lowest BCUT2D eigenvalue weighted by molar-refractivity contribution is 0.356. The molecule has 0 spiro atoms. The van der Waals surface area contributed by atoms with Crippen molar-refractivity contribution < 1.29 is 0 Å². The summed E-state index contributed by atoms with van der Waals surface area (Å²) < 4.78 is 0. The van der Waals surface area contributed by atoms with Gasteiger partial charge in [0.15, 0.2) is 0 Å². The zero-order valence-electron chi connectivity index (χ0n) is 11.8. The van der Waals surface area contributed by atoms with Crippen LogP contribution in [0.5, 0.6) is 0 Å². The second-order valence-electron chi connectivity index (χ2n) is 5.42. The highest BCUT2D eigenvalue weighted by Crippen LogP contribution is 2.14. The molecule has 0 aliphatic heterocycles. The van der Waals surface area contributed by atoms with Gasteiger partial charge in [0.1, 0.15) is 0 Å². The number of nitriles is 1. The third-order valence-corrected chi connectivity index (χ3v) is 2.73. The van der Waals surface area contributed by atoms with Crippen LogP contribution in [-0.4, -0.2) is 31.6 Å². The number of nitrogens with one attached hydrogen (secondary N) is 1. The highest BCUT2D eigenvalue weighted by atomic mass is 15.1. The molecule has 0 heterocycles. The fourth-order valence-corrected chi connectivity index (χ4v) is 2.07. The zero-order valence-corrected chi connectivity index (χ0v) is 11.8. The fraction of sp³-hybridized carbons (Fsp3) is 0.533. The molecule has 1 atom stereocenters. The lowest BCUT2D eigenvalue weighted by Crippen LogP contribution is -2.33. The number of rotatable bonds is 6. The first kappa shape index (κ1) is 14.5. The van der Waals surface area contributed by atoms with Gasteiger partial charge in [0.25, 0.3) is 0 Å². The summed E-state index contributed by atoms with van der Waals surface area (Å²) in [4.78, 5) is 2.20. The second kappa shape index (κ2) is 7.03. The summed E-state index contributed by atoms with van der Waals surface area (Å²) in [5.41, 5.74) is 1.79. The van der Waals surface area contributed by atoms with Crippen LogP contribution in [0.15, 0.2) is 24.3 Å². The first-order chi connectivity index (χ1) is 8.51. The number of nitrogens with zero attached hydrogens (tertiary/aromatic N) is 2. The summed E-state index contributed by atoms with van der Waals surface area (Å²) >= 11 is 0. The summed E-state index contributed by atoms with van der Waals surface area (Å²) in [5.74, 6) is 0.667. The molecule has 0 saturated heterocycles. The monoisotopic (exact) mass is 245 g/mol. The van der Waals surface area contributed by atoms with Gasteiger partial charge < -0.3 is 10.2 Å². The average molecular weight is 245 g/mol. The topological polar surface area (TPSA) is 39.1 Å². The number of hydrogen-bond acceptors (Lipinski definition) is 3. The Hall–Kier alpha value is -1.53. The lowest BCUT2D eigenvalue weighted by atomic mass is 10.0. The standard InChI is InChI=1S/C15H23N3/c1-12(2)9-15(11-18(3)4)17-14-7-5-13(10-16)6-8-14/h5-8,12,15,17H,9,11H2,1-4H3. The van der Waals surface area contributed by atoms with Gasteiger partial charge in [-0.2, -0.15) is 5.26 Å². The number of hydrogen-bond donors (Lipinski definition) is 1. The van der Waals surface area contributed by atoms with E-state index in [4.69, 9.17) is 5.26 Å². The van der Waals surface area contributed by atoms with Crippen molar-refractivity contribution in [3.8, 4) is 6.07 Å². The molecule has 0 aliphatic rings. The minimum atomic E-state index is 0.438. The van der Waals surface area contributed by atoms with Crippen LogP contribution >= 0.6 is 0 Å². The Bertz CT molecular complexity index is 377. The van der Waals surface area contributed by atoms with Crippen molar-refractivity contribution in [2.45, 2.75) is 26.3 Å². The molecule has 0 amide bonds. The van der Waals surface area contributed by atoms with Gasteiger partial charge in [0.05, 0.1) is 11.6 Å². The van der Waals surface area contributed by atoms with Crippen molar-refractivity contribution in [1.82, 2.24) is 4.90 Å². The Kier molecular flexibility index (Phi) is 5.67. The third-order valence-electron chi connectivity index (χ3n) is 2.73. The van der Waals surface area contributed by atoms with E-state index in [9.17, 15) is 0 Å². The molecule has 1 aromatic carbocycles. The fourth-order valence-electron chi connectivity index (χ4n) is 2.07. The Morgan fingerprint density at radius 3 is 2.28 bits per heavy atom. The Morgan fingerprint density at radius 1 is 1.22 bits per heavy atom. The summed E-state index contributed by atoms with van der Waals surface area (Å²) in [6.45, 7) is 5.49. The zero-order chi connectivity index (χ0) is 13.5. The van der Waals surface area contributed by atoms with E-state index in [1.165, 1.54) is 0 Å². The summed E-state index contributed by atoms with van der Waals surface area (Å²) in [6.07, 6.45) is 1.14. The van der Waals surface area contributed by atoms with Crippen LogP contribution in [0.2, 0.25) is 0 Å². The van der Waals surface area contributed by atoms with Crippen LogP contribution in [0.3, 0.4) is 0 Å².